The topological polar surface area (TPSA) is 38.3 Å². The molecule has 0 spiro atoms. The number of carbonyl (C=O) groups is 1. The molecule has 3 heteroatoms. The molecule has 0 bridgehead atoms. The minimum absolute atomic E-state index is 0.206. The van der Waals surface area contributed by atoms with Crippen molar-refractivity contribution in [3.63, 3.8) is 0 Å². The molecule has 13 heavy (non-hydrogen) atoms. The molecule has 0 fully saturated rings. The lowest BCUT2D eigenvalue weighted by Crippen LogP contribution is -2.37. The van der Waals surface area contributed by atoms with Crippen molar-refractivity contribution in [3.05, 3.63) is 0 Å². The second-order valence-electron chi connectivity index (χ2n) is 3.38. The molecular formula is C10H21NO2. The van der Waals surface area contributed by atoms with Crippen LogP contribution in [0, 0.1) is 5.92 Å². The first-order chi connectivity index (χ1) is 6.15. The number of hydrogen-bond donors (Lipinski definition) is 1. The van der Waals surface area contributed by atoms with E-state index in [4.69, 9.17) is 0 Å². The fraction of sp³-hybridized carbons (Fsp3) is 0.900. The van der Waals surface area contributed by atoms with Gasteiger partial charge < -0.3 is 10.1 Å². The lowest BCUT2D eigenvalue weighted by molar-refractivity contribution is 0.162. The van der Waals surface area contributed by atoms with Crippen LogP contribution in [-0.4, -0.2) is 19.2 Å². The van der Waals surface area contributed by atoms with E-state index in [0.717, 1.165) is 19.3 Å². The van der Waals surface area contributed by atoms with Crippen LogP contribution in [0.1, 0.15) is 40.0 Å². The summed E-state index contributed by atoms with van der Waals surface area (Å²) in [7, 11) is 1.39. The van der Waals surface area contributed by atoms with Gasteiger partial charge in [-0.15, -0.1) is 0 Å². The maximum absolute atomic E-state index is 10.9. The Morgan fingerprint density at radius 1 is 1.46 bits per heavy atom. The molecule has 0 aliphatic carbocycles. The highest BCUT2D eigenvalue weighted by atomic mass is 16.5. The standard InChI is InChI=1S/C10H21NO2/c1-5-7-9(6-2)8(3)11-10(12)13-4/h8-9H,5-7H2,1-4H3,(H,11,12). The molecular weight excluding hydrogens is 166 g/mol. The Bertz CT molecular complexity index is 148. The zero-order valence-electron chi connectivity index (χ0n) is 9.09. The molecule has 0 aromatic heterocycles. The number of alkyl carbamates (subject to hydrolysis) is 1. The molecule has 0 heterocycles. The maximum atomic E-state index is 10.9. The van der Waals surface area contributed by atoms with Crippen LogP contribution in [-0.2, 0) is 4.74 Å². The van der Waals surface area contributed by atoms with E-state index in [1.807, 2.05) is 6.92 Å². The zero-order chi connectivity index (χ0) is 10.3. The first-order valence-electron chi connectivity index (χ1n) is 5.00. The maximum Gasteiger partial charge on any atom is 0.407 e. The first kappa shape index (κ1) is 12.3. The molecule has 0 aliphatic rings. The number of carbonyl (C=O) groups excluding carboxylic acids is 1. The Labute approximate surface area is 80.8 Å². The highest BCUT2D eigenvalue weighted by molar-refractivity contribution is 5.67. The van der Waals surface area contributed by atoms with Crippen molar-refractivity contribution < 1.29 is 9.53 Å². The second kappa shape index (κ2) is 6.75. The molecule has 1 amide bonds. The van der Waals surface area contributed by atoms with E-state index in [0.29, 0.717) is 5.92 Å². The lowest BCUT2D eigenvalue weighted by Gasteiger charge is -2.22. The highest BCUT2D eigenvalue weighted by Gasteiger charge is 2.16. The van der Waals surface area contributed by atoms with Crippen molar-refractivity contribution in [1.29, 1.82) is 0 Å². The summed E-state index contributed by atoms with van der Waals surface area (Å²) in [5.41, 5.74) is 0. The summed E-state index contributed by atoms with van der Waals surface area (Å²) in [6.07, 6.45) is 3.08. The SMILES string of the molecule is CCCC(CC)C(C)NC(=O)OC. The fourth-order valence-electron chi connectivity index (χ4n) is 1.54. The summed E-state index contributed by atoms with van der Waals surface area (Å²) in [6.45, 7) is 6.34. The number of methoxy groups -OCH3 is 1. The lowest BCUT2D eigenvalue weighted by atomic mass is 9.93. The summed E-state index contributed by atoms with van der Waals surface area (Å²) in [5, 5.41) is 2.80. The molecule has 0 saturated carbocycles. The average Bonchev–Trinajstić information content (AvgIpc) is 2.13. The fourth-order valence-corrected chi connectivity index (χ4v) is 1.54. The van der Waals surface area contributed by atoms with Gasteiger partial charge in [0, 0.05) is 6.04 Å². The van der Waals surface area contributed by atoms with Gasteiger partial charge in [-0.3, -0.25) is 0 Å². The molecule has 0 aliphatic heterocycles. The number of nitrogens with one attached hydrogen (secondary N) is 1. The third-order valence-electron chi connectivity index (χ3n) is 2.42. The molecule has 78 valence electrons. The van der Waals surface area contributed by atoms with Crippen LogP contribution in [0.2, 0.25) is 0 Å². The van der Waals surface area contributed by atoms with Crippen molar-refractivity contribution in [2.45, 2.75) is 46.1 Å². The predicted molar refractivity (Wildman–Crippen MR) is 53.7 cm³/mol. The molecule has 0 rings (SSSR count). The predicted octanol–water partition coefficient (Wildman–Crippen LogP) is 2.56. The number of ether oxygens (including phenoxy) is 1. The largest absolute Gasteiger partial charge is 0.453 e. The molecule has 0 saturated heterocycles. The normalized spacial score (nSPS) is 14.8. The van der Waals surface area contributed by atoms with Crippen LogP contribution in [0.25, 0.3) is 0 Å². The third kappa shape index (κ3) is 4.76. The van der Waals surface area contributed by atoms with Gasteiger partial charge in [-0.25, -0.2) is 4.79 Å². The molecule has 1 N–H and O–H groups in total. The summed E-state index contributed by atoms with van der Waals surface area (Å²) in [4.78, 5) is 10.9. The zero-order valence-corrected chi connectivity index (χ0v) is 9.09. The Morgan fingerprint density at radius 2 is 2.08 bits per heavy atom. The van der Waals surface area contributed by atoms with Crippen molar-refractivity contribution in [1.82, 2.24) is 5.32 Å². The smallest absolute Gasteiger partial charge is 0.407 e. The van der Waals surface area contributed by atoms with Crippen LogP contribution < -0.4 is 5.32 Å². The van der Waals surface area contributed by atoms with Gasteiger partial charge in [0.15, 0.2) is 0 Å². The second-order valence-corrected chi connectivity index (χ2v) is 3.38. The quantitative estimate of drug-likeness (QED) is 0.718. The van der Waals surface area contributed by atoms with Gasteiger partial charge in [0.1, 0.15) is 0 Å². The van der Waals surface area contributed by atoms with Crippen LogP contribution in [0.3, 0.4) is 0 Å². The van der Waals surface area contributed by atoms with Crippen molar-refractivity contribution in [2.75, 3.05) is 7.11 Å². The van der Waals surface area contributed by atoms with E-state index in [1.54, 1.807) is 0 Å². The Balaban J connectivity index is 3.89. The number of amides is 1. The van der Waals surface area contributed by atoms with Crippen LogP contribution >= 0.6 is 0 Å². The molecule has 2 unspecified atom stereocenters. The highest BCUT2D eigenvalue weighted by Crippen LogP contribution is 2.15. The van der Waals surface area contributed by atoms with Crippen LogP contribution in [0.5, 0.6) is 0 Å². The molecule has 0 aromatic carbocycles. The monoisotopic (exact) mass is 187 g/mol. The van der Waals surface area contributed by atoms with Gasteiger partial charge in [0.25, 0.3) is 0 Å². The number of hydrogen-bond acceptors (Lipinski definition) is 2. The van der Waals surface area contributed by atoms with Crippen molar-refractivity contribution >= 4 is 6.09 Å². The van der Waals surface area contributed by atoms with Gasteiger partial charge in [-0.2, -0.15) is 0 Å². The van der Waals surface area contributed by atoms with Crippen molar-refractivity contribution in [3.8, 4) is 0 Å². The van der Waals surface area contributed by atoms with E-state index in [2.05, 4.69) is 23.9 Å². The van der Waals surface area contributed by atoms with E-state index in [1.165, 1.54) is 7.11 Å². The van der Waals surface area contributed by atoms with Gasteiger partial charge >= 0.3 is 6.09 Å². The van der Waals surface area contributed by atoms with E-state index >= 15 is 0 Å². The Kier molecular flexibility index (Phi) is 6.37. The molecule has 2 atom stereocenters. The minimum Gasteiger partial charge on any atom is -0.453 e. The molecule has 3 nitrogen and oxygen atoms in total. The van der Waals surface area contributed by atoms with E-state index in [9.17, 15) is 4.79 Å². The number of rotatable bonds is 5. The van der Waals surface area contributed by atoms with E-state index in [-0.39, 0.29) is 12.1 Å². The summed E-state index contributed by atoms with van der Waals surface area (Å²) in [6, 6.07) is 0.206. The third-order valence-corrected chi connectivity index (χ3v) is 2.42. The van der Waals surface area contributed by atoms with Gasteiger partial charge in [0.2, 0.25) is 0 Å². The summed E-state index contributed by atoms with van der Waals surface area (Å²) >= 11 is 0. The van der Waals surface area contributed by atoms with Gasteiger partial charge in [0.05, 0.1) is 7.11 Å². The first-order valence-corrected chi connectivity index (χ1v) is 5.00. The van der Waals surface area contributed by atoms with Crippen LogP contribution in [0.15, 0.2) is 0 Å². The van der Waals surface area contributed by atoms with Crippen LogP contribution in [0.4, 0.5) is 4.79 Å². The molecule has 0 radical (unpaired) electrons. The molecule has 0 aromatic rings. The summed E-state index contributed by atoms with van der Waals surface area (Å²) < 4.78 is 4.54. The van der Waals surface area contributed by atoms with Gasteiger partial charge in [-0.1, -0.05) is 26.7 Å². The van der Waals surface area contributed by atoms with Crippen molar-refractivity contribution in [2.24, 2.45) is 5.92 Å². The Morgan fingerprint density at radius 3 is 2.46 bits per heavy atom. The average molecular weight is 187 g/mol. The summed E-state index contributed by atoms with van der Waals surface area (Å²) in [5.74, 6) is 0.559. The van der Waals surface area contributed by atoms with Gasteiger partial charge in [-0.05, 0) is 19.3 Å². The minimum atomic E-state index is -0.331. The van der Waals surface area contributed by atoms with E-state index < -0.39 is 0 Å². The Hall–Kier alpha value is -0.730.